The van der Waals surface area contributed by atoms with Gasteiger partial charge in [-0.25, -0.2) is 8.42 Å². The summed E-state index contributed by atoms with van der Waals surface area (Å²) in [6.45, 7) is 4.75. The predicted octanol–water partition coefficient (Wildman–Crippen LogP) is 1.26. The van der Waals surface area contributed by atoms with E-state index in [1.807, 2.05) is 26.0 Å². The van der Waals surface area contributed by atoms with Crippen molar-refractivity contribution in [2.24, 2.45) is 0 Å². The van der Waals surface area contributed by atoms with E-state index in [0.29, 0.717) is 24.7 Å². The van der Waals surface area contributed by atoms with Crippen LogP contribution < -0.4 is 20.3 Å². The summed E-state index contributed by atoms with van der Waals surface area (Å²) in [4.78, 5) is 24.7. The Hall–Kier alpha value is -3.15. The lowest BCUT2D eigenvalue weighted by Gasteiger charge is -2.26. The topological polar surface area (TPSA) is 123 Å². The molecular weight excluding hydrogens is 462 g/mol. The van der Waals surface area contributed by atoms with Gasteiger partial charge in [-0.15, -0.1) is 0 Å². The van der Waals surface area contributed by atoms with Gasteiger partial charge >= 0.3 is 0 Å². The van der Waals surface area contributed by atoms with E-state index in [-0.39, 0.29) is 35.8 Å². The van der Waals surface area contributed by atoms with E-state index in [4.69, 9.17) is 14.2 Å². The van der Waals surface area contributed by atoms with Crippen molar-refractivity contribution in [2.75, 3.05) is 32.9 Å². The van der Waals surface area contributed by atoms with Gasteiger partial charge in [-0.3, -0.25) is 20.4 Å². The Balaban J connectivity index is 1.33. The molecule has 0 saturated carbocycles. The van der Waals surface area contributed by atoms with Crippen LogP contribution in [0, 0.1) is 0 Å². The molecule has 0 aliphatic carbocycles. The SMILES string of the molecule is CC1(C)Cc2cccc(OCC(=O)NNC(=O)c3cccc(S(=O)(=O)N4CCOCC4)c3)c2O1. The van der Waals surface area contributed by atoms with Crippen molar-refractivity contribution in [3.05, 3.63) is 53.6 Å². The number of hydrogen-bond donors (Lipinski definition) is 2. The van der Waals surface area contributed by atoms with Crippen LogP contribution in [-0.2, 0) is 26.0 Å². The molecule has 10 nitrogen and oxygen atoms in total. The van der Waals surface area contributed by atoms with Gasteiger partial charge in [0.15, 0.2) is 18.1 Å². The Bertz CT molecular complexity index is 1190. The van der Waals surface area contributed by atoms with E-state index in [2.05, 4.69) is 10.9 Å². The molecule has 1 saturated heterocycles. The number of sulfonamides is 1. The molecule has 0 spiro atoms. The van der Waals surface area contributed by atoms with Crippen LogP contribution in [-0.4, -0.2) is 63.0 Å². The zero-order chi connectivity index (χ0) is 24.3. The molecule has 2 amide bonds. The second-order valence-corrected chi connectivity index (χ2v) is 10.6. The van der Waals surface area contributed by atoms with E-state index in [1.54, 1.807) is 6.07 Å². The van der Waals surface area contributed by atoms with Crippen LogP contribution >= 0.6 is 0 Å². The number of hydrogen-bond acceptors (Lipinski definition) is 7. The Labute approximate surface area is 198 Å². The second-order valence-electron chi connectivity index (χ2n) is 8.62. The summed E-state index contributed by atoms with van der Waals surface area (Å²) in [6.07, 6.45) is 0.738. The maximum atomic E-state index is 12.8. The number of para-hydroxylation sites is 1. The molecule has 2 aliphatic heterocycles. The summed E-state index contributed by atoms with van der Waals surface area (Å²) in [5.41, 5.74) is 5.30. The first-order valence-corrected chi connectivity index (χ1v) is 12.3. The first-order chi connectivity index (χ1) is 16.2. The number of rotatable bonds is 6. The van der Waals surface area contributed by atoms with Crippen molar-refractivity contribution in [1.82, 2.24) is 15.2 Å². The molecule has 0 radical (unpaired) electrons. The Kier molecular flexibility index (Phi) is 6.78. The van der Waals surface area contributed by atoms with Gasteiger partial charge in [0.1, 0.15) is 5.60 Å². The summed E-state index contributed by atoms with van der Waals surface area (Å²) in [7, 11) is -3.75. The number of morpholine rings is 1. The fourth-order valence-electron chi connectivity index (χ4n) is 3.81. The van der Waals surface area contributed by atoms with Crippen LogP contribution in [0.15, 0.2) is 47.4 Å². The summed E-state index contributed by atoms with van der Waals surface area (Å²) >= 11 is 0. The lowest BCUT2D eigenvalue weighted by Crippen LogP contribution is -2.44. The van der Waals surface area contributed by atoms with Gasteiger partial charge in [-0.2, -0.15) is 4.31 Å². The van der Waals surface area contributed by atoms with Crippen molar-refractivity contribution >= 4 is 21.8 Å². The zero-order valence-electron chi connectivity index (χ0n) is 19.0. The second kappa shape index (κ2) is 9.61. The number of nitrogens with one attached hydrogen (secondary N) is 2. The molecule has 2 aromatic carbocycles. The zero-order valence-corrected chi connectivity index (χ0v) is 19.8. The van der Waals surface area contributed by atoms with Crippen LogP contribution in [0.3, 0.4) is 0 Å². The third-order valence-corrected chi connectivity index (χ3v) is 7.33. The molecule has 2 aromatic rings. The highest BCUT2D eigenvalue weighted by Crippen LogP contribution is 2.41. The number of carbonyl (C=O) groups is 2. The van der Waals surface area contributed by atoms with Gasteiger partial charge in [-0.1, -0.05) is 18.2 Å². The van der Waals surface area contributed by atoms with Crippen molar-refractivity contribution in [3.63, 3.8) is 0 Å². The first kappa shape index (κ1) is 24.0. The molecule has 2 aliphatic rings. The van der Waals surface area contributed by atoms with Crippen LogP contribution in [0.2, 0.25) is 0 Å². The Morgan fingerprint density at radius 3 is 2.59 bits per heavy atom. The molecule has 182 valence electrons. The van der Waals surface area contributed by atoms with Crippen molar-refractivity contribution in [2.45, 2.75) is 30.8 Å². The lowest BCUT2D eigenvalue weighted by atomic mass is 10.0. The van der Waals surface area contributed by atoms with Gasteiger partial charge in [0.05, 0.1) is 18.1 Å². The molecule has 2 heterocycles. The number of ether oxygens (including phenoxy) is 3. The maximum absolute atomic E-state index is 12.8. The van der Waals surface area contributed by atoms with Crippen molar-refractivity contribution in [1.29, 1.82) is 0 Å². The van der Waals surface area contributed by atoms with Crippen LogP contribution in [0.4, 0.5) is 0 Å². The molecule has 0 aromatic heterocycles. The van der Waals surface area contributed by atoms with E-state index in [1.165, 1.54) is 28.6 Å². The predicted molar refractivity (Wildman–Crippen MR) is 122 cm³/mol. The van der Waals surface area contributed by atoms with E-state index in [0.717, 1.165) is 12.0 Å². The number of hydrazine groups is 1. The standard InChI is InChI=1S/C23H27N3O7S/c1-23(2)14-17-6-4-8-19(21(17)33-23)32-15-20(27)24-25-22(28)16-5-3-7-18(13-16)34(29,30)26-9-11-31-12-10-26/h3-8,13H,9-12,14-15H2,1-2H3,(H,24,27)(H,25,28). The smallest absolute Gasteiger partial charge is 0.276 e. The molecular formula is C23H27N3O7S. The third kappa shape index (κ3) is 5.32. The number of carbonyl (C=O) groups excluding carboxylic acids is 2. The molecule has 0 bridgehead atoms. The fraction of sp³-hybridized carbons (Fsp3) is 0.391. The third-order valence-electron chi connectivity index (χ3n) is 5.43. The summed E-state index contributed by atoms with van der Waals surface area (Å²) in [6, 6.07) is 11.1. The van der Waals surface area contributed by atoms with Crippen LogP contribution in [0.5, 0.6) is 11.5 Å². The van der Waals surface area contributed by atoms with Crippen LogP contribution in [0.25, 0.3) is 0 Å². The number of amides is 2. The Morgan fingerprint density at radius 2 is 1.82 bits per heavy atom. The fourth-order valence-corrected chi connectivity index (χ4v) is 5.27. The van der Waals surface area contributed by atoms with Gasteiger partial charge in [0.25, 0.3) is 11.8 Å². The maximum Gasteiger partial charge on any atom is 0.276 e. The Morgan fingerprint density at radius 1 is 1.09 bits per heavy atom. The monoisotopic (exact) mass is 489 g/mol. The molecule has 1 fully saturated rings. The molecule has 11 heteroatoms. The quantitative estimate of drug-likeness (QED) is 0.586. The van der Waals surface area contributed by atoms with Gasteiger partial charge in [-0.05, 0) is 38.1 Å². The molecule has 2 N–H and O–H groups in total. The average Bonchev–Trinajstić information content (AvgIpc) is 3.16. The lowest BCUT2D eigenvalue weighted by molar-refractivity contribution is -0.123. The molecule has 34 heavy (non-hydrogen) atoms. The number of fused-ring (bicyclic) bond motifs is 1. The number of benzene rings is 2. The van der Waals surface area contributed by atoms with Crippen molar-refractivity contribution in [3.8, 4) is 11.5 Å². The van der Waals surface area contributed by atoms with Gasteiger partial charge in [0.2, 0.25) is 10.0 Å². The van der Waals surface area contributed by atoms with Crippen LogP contribution in [0.1, 0.15) is 29.8 Å². The highest BCUT2D eigenvalue weighted by molar-refractivity contribution is 7.89. The normalized spacial score (nSPS) is 17.4. The van der Waals surface area contributed by atoms with Crippen molar-refractivity contribution < 1.29 is 32.2 Å². The minimum absolute atomic E-state index is 0.00225. The molecule has 0 atom stereocenters. The van der Waals surface area contributed by atoms with Gasteiger partial charge < -0.3 is 14.2 Å². The minimum atomic E-state index is -3.75. The number of nitrogens with zero attached hydrogens (tertiary/aromatic N) is 1. The molecule has 4 rings (SSSR count). The first-order valence-electron chi connectivity index (χ1n) is 10.9. The summed E-state index contributed by atoms with van der Waals surface area (Å²) < 4.78 is 43.6. The highest BCUT2D eigenvalue weighted by atomic mass is 32.2. The summed E-state index contributed by atoms with van der Waals surface area (Å²) in [5, 5.41) is 0. The minimum Gasteiger partial charge on any atom is -0.483 e. The van der Waals surface area contributed by atoms with E-state index >= 15 is 0 Å². The van der Waals surface area contributed by atoms with Gasteiger partial charge in [0, 0.05) is 30.6 Å². The largest absolute Gasteiger partial charge is 0.483 e. The van der Waals surface area contributed by atoms with E-state index in [9.17, 15) is 18.0 Å². The highest BCUT2D eigenvalue weighted by Gasteiger charge is 2.32. The average molecular weight is 490 g/mol. The summed E-state index contributed by atoms with van der Waals surface area (Å²) in [5.74, 6) is -0.174. The molecule has 0 unspecified atom stereocenters. The van der Waals surface area contributed by atoms with E-state index < -0.39 is 21.8 Å².